The fourth-order valence-corrected chi connectivity index (χ4v) is 1.53. The lowest BCUT2D eigenvalue weighted by atomic mass is 9.80. The van der Waals surface area contributed by atoms with Crippen LogP contribution in [0.2, 0.25) is 0 Å². The smallest absolute Gasteiger partial charge is 0.306 e. The Hall–Kier alpha value is -0.790. The number of carbonyl (C=O) groups is 1. The molecule has 0 amide bonds. The molecule has 2 nitrogen and oxygen atoms in total. The van der Waals surface area contributed by atoms with E-state index in [2.05, 4.69) is 26.8 Å². The fraction of sp³-hybridized carbons (Fsp3) is 0.727. The van der Waals surface area contributed by atoms with Crippen molar-refractivity contribution in [1.29, 1.82) is 0 Å². The largest absolute Gasteiger partial charge is 0.462 e. The third kappa shape index (κ3) is 2.33. The molecule has 1 rings (SSSR count). The number of ether oxygens (including phenoxy) is 1. The third-order valence-corrected chi connectivity index (χ3v) is 2.81. The average molecular weight is 182 g/mol. The predicted octanol–water partition coefficient (Wildman–Crippen LogP) is 2.68. The summed E-state index contributed by atoms with van der Waals surface area (Å²) in [5, 5.41) is 0. The summed E-state index contributed by atoms with van der Waals surface area (Å²) < 4.78 is 5.14. The van der Waals surface area contributed by atoms with Crippen LogP contribution in [0.15, 0.2) is 11.6 Å². The SMILES string of the molecule is CC(C)=CC[C@]1(C)CC(=O)OC1C. The van der Waals surface area contributed by atoms with E-state index in [1.807, 2.05) is 6.92 Å². The molecule has 74 valence electrons. The molecular weight excluding hydrogens is 164 g/mol. The number of esters is 1. The van der Waals surface area contributed by atoms with Gasteiger partial charge >= 0.3 is 5.97 Å². The van der Waals surface area contributed by atoms with Gasteiger partial charge in [0.25, 0.3) is 0 Å². The Labute approximate surface area is 80.0 Å². The second kappa shape index (κ2) is 3.52. The van der Waals surface area contributed by atoms with Crippen LogP contribution in [0.5, 0.6) is 0 Å². The van der Waals surface area contributed by atoms with Crippen LogP contribution >= 0.6 is 0 Å². The molecule has 0 radical (unpaired) electrons. The first kappa shape index (κ1) is 10.3. The van der Waals surface area contributed by atoms with Crippen molar-refractivity contribution in [2.75, 3.05) is 0 Å². The van der Waals surface area contributed by atoms with Crippen LogP contribution in [0.1, 0.15) is 40.5 Å². The van der Waals surface area contributed by atoms with Crippen LogP contribution in [0.4, 0.5) is 0 Å². The highest BCUT2D eigenvalue weighted by Crippen LogP contribution is 2.38. The minimum atomic E-state index is -0.0582. The highest BCUT2D eigenvalue weighted by Gasteiger charge is 2.41. The van der Waals surface area contributed by atoms with Crippen molar-refractivity contribution in [2.24, 2.45) is 5.41 Å². The summed E-state index contributed by atoms with van der Waals surface area (Å²) in [5.41, 5.74) is 1.31. The van der Waals surface area contributed by atoms with Gasteiger partial charge in [-0.25, -0.2) is 0 Å². The molecule has 1 aliphatic rings. The lowest BCUT2D eigenvalue weighted by molar-refractivity contribution is -0.141. The lowest BCUT2D eigenvalue weighted by Crippen LogP contribution is -2.24. The van der Waals surface area contributed by atoms with E-state index in [1.54, 1.807) is 0 Å². The van der Waals surface area contributed by atoms with Crippen LogP contribution in [-0.4, -0.2) is 12.1 Å². The van der Waals surface area contributed by atoms with Gasteiger partial charge in [0.1, 0.15) is 6.10 Å². The zero-order valence-corrected chi connectivity index (χ0v) is 8.89. The predicted molar refractivity (Wildman–Crippen MR) is 52.3 cm³/mol. The van der Waals surface area contributed by atoms with Crippen molar-refractivity contribution < 1.29 is 9.53 Å². The summed E-state index contributed by atoms with van der Waals surface area (Å²) in [6.45, 7) is 8.24. The van der Waals surface area contributed by atoms with E-state index < -0.39 is 0 Å². The maximum absolute atomic E-state index is 11.1. The van der Waals surface area contributed by atoms with Crippen LogP contribution < -0.4 is 0 Å². The molecule has 0 bridgehead atoms. The van der Waals surface area contributed by atoms with Gasteiger partial charge in [-0.05, 0) is 27.2 Å². The number of allylic oxidation sites excluding steroid dienone is 2. The van der Waals surface area contributed by atoms with E-state index in [0.29, 0.717) is 6.42 Å². The first-order valence-electron chi connectivity index (χ1n) is 4.77. The van der Waals surface area contributed by atoms with Crippen LogP contribution in [0, 0.1) is 5.41 Å². The molecule has 0 spiro atoms. The third-order valence-electron chi connectivity index (χ3n) is 2.81. The number of cyclic esters (lactones) is 1. The van der Waals surface area contributed by atoms with E-state index >= 15 is 0 Å². The lowest BCUT2D eigenvalue weighted by Gasteiger charge is -2.24. The van der Waals surface area contributed by atoms with Crippen LogP contribution in [0.3, 0.4) is 0 Å². The van der Waals surface area contributed by atoms with E-state index in [-0.39, 0.29) is 17.5 Å². The molecule has 1 aliphatic heterocycles. The van der Waals surface area contributed by atoms with Gasteiger partial charge in [0.2, 0.25) is 0 Å². The summed E-state index contributed by atoms with van der Waals surface area (Å²) in [7, 11) is 0. The Morgan fingerprint density at radius 3 is 2.69 bits per heavy atom. The van der Waals surface area contributed by atoms with Gasteiger partial charge in [-0.3, -0.25) is 4.79 Å². The van der Waals surface area contributed by atoms with Crippen molar-refractivity contribution in [2.45, 2.75) is 46.6 Å². The molecule has 13 heavy (non-hydrogen) atoms. The molecule has 2 heteroatoms. The molecule has 0 aliphatic carbocycles. The Bertz CT molecular complexity index is 238. The first-order chi connectivity index (χ1) is 5.94. The maximum atomic E-state index is 11.1. The molecule has 1 heterocycles. The zero-order chi connectivity index (χ0) is 10.1. The second-order valence-corrected chi connectivity index (χ2v) is 4.45. The van der Waals surface area contributed by atoms with Gasteiger partial charge in [-0.2, -0.15) is 0 Å². The quantitative estimate of drug-likeness (QED) is 0.485. The van der Waals surface area contributed by atoms with Gasteiger partial charge in [0.05, 0.1) is 6.42 Å². The molecule has 0 saturated carbocycles. The van der Waals surface area contributed by atoms with Gasteiger partial charge in [0, 0.05) is 5.41 Å². The molecule has 0 aromatic heterocycles. The maximum Gasteiger partial charge on any atom is 0.306 e. The molecule has 1 fully saturated rings. The van der Waals surface area contributed by atoms with Gasteiger partial charge in [0.15, 0.2) is 0 Å². The highest BCUT2D eigenvalue weighted by atomic mass is 16.5. The molecule has 1 saturated heterocycles. The zero-order valence-electron chi connectivity index (χ0n) is 8.89. The monoisotopic (exact) mass is 182 g/mol. The van der Waals surface area contributed by atoms with Crippen molar-refractivity contribution in [3.63, 3.8) is 0 Å². The average Bonchev–Trinajstić information content (AvgIpc) is 2.23. The summed E-state index contributed by atoms with van der Waals surface area (Å²) in [6, 6.07) is 0. The van der Waals surface area contributed by atoms with E-state index in [1.165, 1.54) is 5.57 Å². The molecule has 0 aromatic rings. The second-order valence-electron chi connectivity index (χ2n) is 4.45. The normalized spacial score (nSPS) is 32.9. The number of carbonyl (C=O) groups excluding carboxylic acids is 1. The van der Waals surface area contributed by atoms with Gasteiger partial charge in [-0.15, -0.1) is 0 Å². The molecule has 0 N–H and O–H groups in total. The van der Waals surface area contributed by atoms with Crippen molar-refractivity contribution in [3.05, 3.63) is 11.6 Å². The number of hydrogen-bond donors (Lipinski definition) is 0. The minimum absolute atomic E-state index is 0.00829. The van der Waals surface area contributed by atoms with Crippen molar-refractivity contribution in [1.82, 2.24) is 0 Å². The number of hydrogen-bond acceptors (Lipinski definition) is 2. The first-order valence-corrected chi connectivity index (χ1v) is 4.77. The standard InChI is InChI=1S/C11H18O2/c1-8(2)5-6-11(4)7-10(12)13-9(11)3/h5,9H,6-7H2,1-4H3/t9?,11-/m1/s1. The fourth-order valence-electron chi connectivity index (χ4n) is 1.53. The highest BCUT2D eigenvalue weighted by molar-refractivity contribution is 5.73. The van der Waals surface area contributed by atoms with E-state index in [4.69, 9.17) is 4.74 Å². The molecule has 0 aromatic carbocycles. The Morgan fingerprint density at radius 2 is 2.31 bits per heavy atom. The van der Waals surface area contributed by atoms with Gasteiger partial charge < -0.3 is 4.74 Å². The summed E-state index contributed by atoms with van der Waals surface area (Å²) >= 11 is 0. The summed E-state index contributed by atoms with van der Waals surface area (Å²) in [5.74, 6) is -0.0582. The van der Waals surface area contributed by atoms with Crippen LogP contribution in [-0.2, 0) is 9.53 Å². The van der Waals surface area contributed by atoms with Crippen molar-refractivity contribution in [3.8, 4) is 0 Å². The summed E-state index contributed by atoms with van der Waals surface area (Å²) in [6.07, 6.45) is 3.72. The number of rotatable bonds is 2. The van der Waals surface area contributed by atoms with Crippen LogP contribution in [0.25, 0.3) is 0 Å². The van der Waals surface area contributed by atoms with Crippen molar-refractivity contribution >= 4 is 5.97 Å². The van der Waals surface area contributed by atoms with E-state index in [9.17, 15) is 4.79 Å². The topological polar surface area (TPSA) is 26.3 Å². The molecule has 1 unspecified atom stereocenters. The molecule has 2 atom stereocenters. The Kier molecular flexibility index (Phi) is 2.79. The van der Waals surface area contributed by atoms with Gasteiger partial charge in [-0.1, -0.05) is 18.6 Å². The minimum Gasteiger partial charge on any atom is -0.462 e. The molecular formula is C11H18O2. The van der Waals surface area contributed by atoms with E-state index in [0.717, 1.165) is 6.42 Å². The Morgan fingerprint density at radius 1 is 1.69 bits per heavy atom. The summed E-state index contributed by atoms with van der Waals surface area (Å²) in [4.78, 5) is 11.1. The Balaban J connectivity index is 2.66.